The van der Waals surface area contributed by atoms with E-state index >= 15 is 0 Å². The summed E-state index contributed by atoms with van der Waals surface area (Å²) in [5, 5.41) is 13.2. The van der Waals surface area contributed by atoms with Gasteiger partial charge in [-0.25, -0.2) is 17.6 Å². The van der Waals surface area contributed by atoms with Crippen LogP contribution in [0.5, 0.6) is 11.5 Å². The fourth-order valence-electron chi connectivity index (χ4n) is 1.65. The van der Waals surface area contributed by atoms with Gasteiger partial charge in [-0.2, -0.15) is 5.10 Å². The van der Waals surface area contributed by atoms with Gasteiger partial charge in [0.25, 0.3) is 0 Å². The van der Waals surface area contributed by atoms with E-state index in [0.29, 0.717) is 0 Å². The van der Waals surface area contributed by atoms with E-state index in [1.54, 1.807) is 6.07 Å². The van der Waals surface area contributed by atoms with Crippen LogP contribution in [-0.4, -0.2) is 18.4 Å². The standard InChI is InChI=1S/C14H10F4N2O2/c1-22-10-4-2-3-7(14(10)21)6-19-20-13-11(17)8(15)5-9(16)12(13)18/h2-6,20-21H,1H3/b19-6+. The van der Waals surface area contributed by atoms with Crippen LogP contribution in [0, 0.1) is 23.3 Å². The van der Waals surface area contributed by atoms with Crippen LogP contribution in [0.1, 0.15) is 5.56 Å². The van der Waals surface area contributed by atoms with Gasteiger partial charge in [-0.15, -0.1) is 0 Å². The van der Waals surface area contributed by atoms with Crippen molar-refractivity contribution in [1.29, 1.82) is 0 Å². The Hall–Kier alpha value is -2.77. The van der Waals surface area contributed by atoms with Gasteiger partial charge in [-0.3, -0.25) is 5.43 Å². The number of benzene rings is 2. The van der Waals surface area contributed by atoms with Crippen LogP contribution in [0.2, 0.25) is 0 Å². The summed E-state index contributed by atoms with van der Waals surface area (Å²) >= 11 is 0. The van der Waals surface area contributed by atoms with Crippen molar-refractivity contribution in [2.75, 3.05) is 12.5 Å². The van der Waals surface area contributed by atoms with Gasteiger partial charge < -0.3 is 9.84 Å². The third-order valence-corrected chi connectivity index (χ3v) is 2.74. The SMILES string of the molecule is COc1cccc(/C=N/Nc2c(F)c(F)cc(F)c2F)c1O. The van der Waals surface area contributed by atoms with Gasteiger partial charge in [0.05, 0.1) is 13.3 Å². The number of hydrazone groups is 1. The maximum Gasteiger partial charge on any atom is 0.186 e. The van der Waals surface area contributed by atoms with Crippen molar-refractivity contribution in [3.8, 4) is 11.5 Å². The number of phenols is 1. The molecule has 0 atom stereocenters. The quantitative estimate of drug-likeness (QED) is 0.393. The summed E-state index contributed by atoms with van der Waals surface area (Å²) in [7, 11) is 1.34. The number of para-hydroxylation sites is 1. The molecule has 116 valence electrons. The predicted molar refractivity (Wildman–Crippen MR) is 72.1 cm³/mol. The van der Waals surface area contributed by atoms with Gasteiger partial charge in [-0.1, -0.05) is 6.07 Å². The molecule has 0 saturated heterocycles. The number of hydrogen-bond acceptors (Lipinski definition) is 4. The van der Waals surface area contributed by atoms with Crippen LogP contribution < -0.4 is 10.2 Å². The average Bonchev–Trinajstić information content (AvgIpc) is 2.50. The first-order valence-electron chi connectivity index (χ1n) is 5.93. The number of anilines is 1. The molecule has 8 heteroatoms. The minimum Gasteiger partial charge on any atom is -0.504 e. The highest BCUT2D eigenvalue weighted by molar-refractivity contribution is 5.85. The van der Waals surface area contributed by atoms with E-state index in [0.717, 1.165) is 6.21 Å². The minimum atomic E-state index is -1.61. The Morgan fingerprint density at radius 2 is 1.77 bits per heavy atom. The molecule has 0 unspecified atom stereocenters. The first-order valence-corrected chi connectivity index (χ1v) is 5.93. The summed E-state index contributed by atoms with van der Waals surface area (Å²) in [6.07, 6.45) is 1.01. The number of phenolic OH excluding ortho intramolecular Hbond substituents is 1. The molecule has 2 rings (SSSR count). The first kappa shape index (κ1) is 15.6. The number of rotatable bonds is 4. The van der Waals surface area contributed by atoms with E-state index in [9.17, 15) is 22.7 Å². The van der Waals surface area contributed by atoms with Crippen molar-refractivity contribution in [2.45, 2.75) is 0 Å². The summed E-state index contributed by atoms with van der Waals surface area (Å²) in [4.78, 5) is 0. The number of methoxy groups -OCH3 is 1. The highest BCUT2D eigenvalue weighted by Gasteiger charge is 2.18. The molecule has 0 aliphatic heterocycles. The number of nitrogens with zero attached hydrogens (tertiary/aromatic N) is 1. The molecule has 0 amide bonds. The van der Waals surface area contributed by atoms with E-state index in [1.165, 1.54) is 19.2 Å². The molecule has 0 aromatic heterocycles. The van der Waals surface area contributed by atoms with Gasteiger partial charge in [0.15, 0.2) is 34.8 Å². The van der Waals surface area contributed by atoms with E-state index in [1.807, 2.05) is 5.43 Å². The van der Waals surface area contributed by atoms with E-state index in [2.05, 4.69) is 5.10 Å². The summed E-state index contributed by atoms with van der Waals surface area (Å²) in [6, 6.07) is 4.57. The number of hydrogen-bond donors (Lipinski definition) is 2. The molecule has 0 heterocycles. The molecule has 0 spiro atoms. The number of halogens is 4. The Morgan fingerprint density at radius 1 is 1.14 bits per heavy atom. The van der Waals surface area contributed by atoms with Crippen LogP contribution in [-0.2, 0) is 0 Å². The average molecular weight is 314 g/mol. The molecule has 0 fully saturated rings. The first-order chi connectivity index (χ1) is 10.5. The van der Waals surface area contributed by atoms with E-state index in [-0.39, 0.29) is 23.1 Å². The van der Waals surface area contributed by atoms with Crippen molar-refractivity contribution in [3.63, 3.8) is 0 Å². The molecule has 22 heavy (non-hydrogen) atoms. The maximum atomic E-state index is 13.4. The summed E-state index contributed by atoms with van der Waals surface area (Å²) < 4.78 is 57.6. The number of nitrogens with one attached hydrogen (secondary N) is 1. The van der Waals surface area contributed by atoms with E-state index < -0.39 is 29.0 Å². The van der Waals surface area contributed by atoms with E-state index in [4.69, 9.17) is 4.74 Å². The lowest BCUT2D eigenvalue weighted by molar-refractivity contribution is 0.373. The zero-order valence-corrected chi connectivity index (χ0v) is 11.2. The third kappa shape index (κ3) is 2.95. The van der Waals surface area contributed by atoms with Gasteiger partial charge in [-0.05, 0) is 12.1 Å². The second kappa shape index (κ2) is 6.33. The zero-order chi connectivity index (χ0) is 16.3. The number of aromatic hydroxyl groups is 1. The normalized spacial score (nSPS) is 11.0. The zero-order valence-electron chi connectivity index (χ0n) is 11.2. The molecule has 2 aromatic carbocycles. The van der Waals surface area contributed by atoms with Gasteiger partial charge in [0.1, 0.15) is 5.69 Å². The molecule has 0 aliphatic carbocycles. The molecule has 0 radical (unpaired) electrons. The van der Waals surface area contributed by atoms with Crippen LogP contribution >= 0.6 is 0 Å². The van der Waals surface area contributed by atoms with Crippen LogP contribution in [0.3, 0.4) is 0 Å². The Balaban J connectivity index is 2.28. The fourth-order valence-corrected chi connectivity index (χ4v) is 1.65. The third-order valence-electron chi connectivity index (χ3n) is 2.74. The lowest BCUT2D eigenvalue weighted by atomic mass is 10.2. The predicted octanol–water partition coefficient (Wildman–Crippen LogP) is 3.40. The van der Waals surface area contributed by atoms with Crippen LogP contribution in [0.25, 0.3) is 0 Å². The minimum absolute atomic E-state index is 0.0907. The molecular weight excluding hydrogens is 304 g/mol. The molecule has 0 saturated carbocycles. The summed E-state index contributed by atoms with van der Waals surface area (Å²) in [5.41, 5.74) is 0.961. The second-order valence-corrected chi connectivity index (χ2v) is 4.11. The van der Waals surface area contributed by atoms with Gasteiger partial charge in [0, 0.05) is 11.6 Å². The smallest absolute Gasteiger partial charge is 0.186 e. The molecule has 2 N–H and O–H groups in total. The summed E-state index contributed by atoms with van der Waals surface area (Å²) in [6.45, 7) is 0. The maximum absolute atomic E-state index is 13.4. The lowest BCUT2D eigenvalue weighted by Gasteiger charge is -2.07. The van der Waals surface area contributed by atoms with Crippen molar-refractivity contribution in [1.82, 2.24) is 0 Å². The lowest BCUT2D eigenvalue weighted by Crippen LogP contribution is -2.02. The Bertz CT molecular complexity index is 709. The van der Waals surface area contributed by atoms with Crippen molar-refractivity contribution >= 4 is 11.9 Å². The largest absolute Gasteiger partial charge is 0.504 e. The molecule has 0 bridgehead atoms. The Kier molecular flexibility index (Phi) is 4.50. The monoisotopic (exact) mass is 314 g/mol. The molecule has 2 aromatic rings. The highest BCUT2D eigenvalue weighted by atomic mass is 19.2. The topological polar surface area (TPSA) is 53.8 Å². The Labute approximate surface area is 122 Å². The van der Waals surface area contributed by atoms with Crippen LogP contribution in [0.4, 0.5) is 23.2 Å². The van der Waals surface area contributed by atoms with Crippen LogP contribution in [0.15, 0.2) is 29.4 Å². The van der Waals surface area contributed by atoms with Crippen molar-refractivity contribution in [3.05, 3.63) is 53.1 Å². The van der Waals surface area contributed by atoms with Crippen molar-refractivity contribution in [2.24, 2.45) is 5.10 Å². The van der Waals surface area contributed by atoms with Gasteiger partial charge >= 0.3 is 0 Å². The molecule has 4 nitrogen and oxygen atoms in total. The summed E-state index contributed by atoms with van der Waals surface area (Å²) in [5.74, 6) is -6.40. The number of ether oxygens (including phenoxy) is 1. The highest BCUT2D eigenvalue weighted by Crippen LogP contribution is 2.28. The molecule has 0 aliphatic rings. The molecular formula is C14H10F4N2O2. The fraction of sp³-hybridized carbons (Fsp3) is 0.0714. The second-order valence-electron chi connectivity index (χ2n) is 4.11. The van der Waals surface area contributed by atoms with Crippen molar-refractivity contribution < 1.29 is 27.4 Å². The van der Waals surface area contributed by atoms with Gasteiger partial charge in [0.2, 0.25) is 0 Å². The Morgan fingerprint density at radius 3 is 2.36 bits per heavy atom.